The molecule has 156 valence electrons. The molecule has 0 amide bonds. The van der Waals surface area contributed by atoms with Gasteiger partial charge in [-0.25, -0.2) is 0 Å². The van der Waals surface area contributed by atoms with Gasteiger partial charge in [0.15, 0.2) is 23.0 Å². The number of rotatable bonds is 8. The Morgan fingerprint density at radius 1 is 0.867 bits per heavy atom. The maximum Gasteiger partial charge on any atom is 0.175 e. The molecule has 5 nitrogen and oxygen atoms in total. The van der Waals surface area contributed by atoms with Crippen LogP contribution in [0.3, 0.4) is 0 Å². The van der Waals surface area contributed by atoms with Crippen LogP contribution < -0.4 is 24.3 Å². The van der Waals surface area contributed by atoms with Crippen LogP contribution in [-0.4, -0.2) is 20.3 Å². The topological polar surface area (TPSA) is 49.0 Å². The van der Waals surface area contributed by atoms with E-state index in [0.29, 0.717) is 31.3 Å². The summed E-state index contributed by atoms with van der Waals surface area (Å²) in [5, 5.41) is 3.46. The van der Waals surface area contributed by atoms with E-state index in [2.05, 4.69) is 39.4 Å². The first kappa shape index (κ1) is 20.6. The van der Waals surface area contributed by atoms with Crippen molar-refractivity contribution in [1.82, 2.24) is 5.32 Å². The summed E-state index contributed by atoms with van der Waals surface area (Å²) >= 11 is 3.63. The van der Waals surface area contributed by atoms with Crippen LogP contribution in [-0.2, 0) is 19.7 Å². The molecule has 1 heterocycles. The molecule has 0 spiro atoms. The second-order valence-corrected chi connectivity index (χ2v) is 7.82. The van der Waals surface area contributed by atoms with Gasteiger partial charge in [-0.1, -0.05) is 36.4 Å². The average Bonchev–Trinajstić information content (AvgIpc) is 2.78. The van der Waals surface area contributed by atoms with Crippen LogP contribution in [0.25, 0.3) is 0 Å². The van der Waals surface area contributed by atoms with Crippen LogP contribution in [0.4, 0.5) is 0 Å². The van der Waals surface area contributed by atoms with Crippen LogP contribution in [0.15, 0.2) is 65.1 Å². The van der Waals surface area contributed by atoms with Crippen LogP contribution in [0.5, 0.6) is 23.0 Å². The number of hydrogen-bond donors (Lipinski definition) is 1. The highest BCUT2D eigenvalue weighted by atomic mass is 79.9. The third-order valence-electron chi connectivity index (χ3n) is 4.78. The molecule has 30 heavy (non-hydrogen) atoms. The maximum absolute atomic E-state index is 6.08. The van der Waals surface area contributed by atoms with Gasteiger partial charge in [0.1, 0.15) is 19.8 Å². The molecule has 4 rings (SSSR count). The number of benzene rings is 3. The van der Waals surface area contributed by atoms with Crippen molar-refractivity contribution < 1.29 is 18.9 Å². The van der Waals surface area contributed by atoms with Crippen LogP contribution >= 0.6 is 15.9 Å². The lowest BCUT2D eigenvalue weighted by molar-refractivity contribution is 0.171. The van der Waals surface area contributed by atoms with Crippen LogP contribution in [0.1, 0.15) is 16.7 Å². The lowest BCUT2D eigenvalue weighted by Crippen LogP contribution is -2.15. The van der Waals surface area contributed by atoms with E-state index < -0.39 is 0 Å². The lowest BCUT2D eigenvalue weighted by atomic mass is 10.1. The maximum atomic E-state index is 6.08. The molecule has 0 bridgehead atoms. The molecule has 1 aliphatic heterocycles. The van der Waals surface area contributed by atoms with Crippen molar-refractivity contribution in [1.29, 1.82) is 0 Å². The zero-order chi connectivity index (χ0) is 20.8. The van der Waals surface area contributed by atoms with E-state index in [4.69, 9.17) is 18.9 Å². The van der Waals surface area contributed by atoms with Gasteiger partial charge in [0.2, 0.25) is 0 Å². The quantitative estimate of drug-likeness (QED) is 0.497. The second-order valence-electron chi connectivity index (χ2n) is 6.96. The fourth-order valence-corrected chi connectivity index (χ4v) is 3.90. The van der Waals surface area contributed by atoms with Crippen molar-refractivity contribution in [3.63, 3.8) is 0 Å². The highest BCUT2D eigenvalue weighted by molar-refractivity contribution is 9.10. The summed E-state index contributed by atoms with van der Waals surface area (Å²) in [7, 11) is 1.65. The molecule has 0 aromatic heterocycles. The molecule has 6 heteroatoms. The predicted octanol–water partition coefficient (Wildman–Crippen LogP) is 5.10. The molecule has 1 aliphatic rings. The van der Waals surface area contributed by atoms with Gasteiger partial charge in [-0.05, 0) is 56.9 Å². The third kappa shape index (κ3) is 5.07. The van der Waals surface area contributed by atoms with Gasteiger partial charge in [0, 0.05) is 13.1 Å². The summed E-state index contributed by atoms with van der Waals surface area (Å²) < 4.78 is 23.7. The molecule has 0 aliphatic carbocycles. The van der Waals surface area contributed by atoms with Crippen LogP contribution in [0, 0.1) is 0 Å². The molecule has 0 saturated carbocycles. The molecular formula is C24H24BrNO4. The number of ether oxygens (including phenoxy) is 4. The first-order valence-electron chi connectivity index (χ1n) is 9.85. The minimum Gasteiger partial charge on any atom is -0.493 e. The Morgan fingerprint density at radius 3 is 2.43 bits per heavy atom. The summed E-state index contributed by atoms with van der Waals surface area (Å²) in [5.41, 5.74) is 3.37. The zero-order valence-corrected chi connectivity index (χ0v) is 18.4. The minimum absolute atomic E-state index is 0.400. The molecule has 3 aromatic rings. The number of fused-ring (bicyclic) bond motifs is 1. The zero-order valence-electron chi connectivity index (χ0n) is 16.8. The van der Waals surface area contributed by atoms with E-state index in [1.165, 1.54) is 5.56 Å². The van der Waals surface area contributed by atoms with Crippen molar-refractivity contribution in [2.45, 2.75) is 19.7 Å². The Hall–Kier alpha value is -2.70. The summed E-state index contributed by atoms with van der Waals surface area (Å²) in [5.74, 6) is 2.90. The minimum atomic E-state index is 0.400. The van der Waals surface area contributed by atoms with Gasteiger partial charge in [-0.15, -0.1) is 0 Å². The Kier molecular flexibility index (Phi) is 6.77. The average molecular weight is 470 g/mol. The van der Waals surface area contributed by atoms with Crippen molar-refractivity contribution in [2.24, 2.45) is 0 Å². The summed E-state index contributed by atoms with van der Waals surface area (Å²) in [4.78, 5) is 0. The van der Waals surface area contributed by atoms with Crippen molar-refractivity contribution in [3.05, 3.63) is 81.8 Å². The monoisotopic (exact) mass is 469 g/mol. The fourth-order valence-electron chi connectivity index (χ4n) is 3.30. The standard InChI is InChI=1S/C24H24BrNO4/c1-27-23-13-19(15-26-14-17-5-3-2-4-6-17)11-20(25)24(23)30-16-18-7-8-21-22(12-18)29-10-9-28-21/h2-8,11-13,26H,9-10,14-16H2,1H3. The van der Waals surface area contributed by atoms with E-state index >= 15 is 0 Å². The highest BCUT2D eigenvalue weighted by Crippen LogP contribution is 2.38. The number of nitrogens with one attached hydrogen (secondary N) is 1. The molecule has 0 saturated heterocycles. The Bertz CT molecular complexity index is 994. The Balaban J connectivity index is 1.40. The van der Waals surface area contributed by atoms with Crippen molar-refractivity contribution >= 4 is 15.9 Å². The van der Waals surface area contributed by atoms with Crippen molar-refractivity contribution in [2.75, 3.05) is 20.3 Å². The van der Waals surface area contributed by atoms with Gasteiger partial charge < -0.3 is 24.3 Å². The molecule has 0 fully saturated rings. The third-order valence-corrected chi connectivity index (χ3v) is 5.37. The van der Waals surface area contributed by atoms with Crippen molar-refractivity contribution in [3.8, 4) is 23.0 Å². The second kappa shape index (κ2) is 9.87. The van der Waals surface area contributed by atoms with Gasteiger partial charge in [0.05, 0.1) is 11.6 Å². The molecular weight excluding hydrogens is 446 g/mol. The number of hydrogen-bond acceptors (Lipinski definition) is 5. The molecule has 0 radical (unpaired) electrons. The summed E-state index contributed by atoms with van der Waals surface area (Å²) in [6.45, 7) is 3.09. The SMILES string of the molecule is COc1cc(CNCc2ccccc2)cc(Br)c1OCc1ccc2c(c1)OCCO2. The van der Waals surface area contributed by atoms with E-state index in [-0.39, 0.29) is 0 Å². The fraction of sp³-hybridized carbons (Fsp3) is 0.250. The largest absolute Gasteiger partial charge is 0.493 e. The predicted molar refractivity (Wildman–Crippen MR) is 119 cm³/mol. The summed E-state index contributed by atoms with van der Waals surface area (Å²) in [6.07, 6.45) is 0. The first-order chi connectivity index (χ1) is 14.7. The highest BCUT2D eigenvalue weighted by Gasteiger charge is 2.15. The van der Waals surface area contributed by atoms with Gasteiger partial charge in [0.25, 0.3) is 0 Å². The molecule has 0 atom stereocenters. The Labute approximate surface area is 185 Å². The lowest BCUT2D eigenvalue weighted by Gasteiger charge is -2.19. The molecule has 0 unspecified atom stereocenters. The van der Waals surface area contributed by atoms with Crippen LogP contribution in [0.2, 0.25) is 0 Å². The number of methoxy groups -OCH3 is 1. The van der Waals surface area contributed by atoms with E-state index in [0.717, 1.165) is 40.2 Å². The van der Waals surface area contributed by atoms with E-state index in [9.17, 15) is 0 Å². The van der Waals surface area contributed by atoms with E-state index in [1.54, 1.807) is 7.11 Å². The number of halogens is 1. The normalized spacial score (nSPS) is 12.5. The van der Waals surface area contributed by atoms with Gasteiger partial charge in [-0.3, -0.25) is 0 Å². The van der Waals surface area contributed by atoms with E-state index in [1.807, 2.05) is 42.5 Å². The Morgan fingerprint density at radius 2 is 1.63 bits per heavy atom. The summed E-state index contributed by atoms with van der Waals surface area (Å²) in [6, 6.07) is 20.2. The molecule has 1 N–H and O–H groups in total. The van der Waals surface area contributed by atoms with Gasteiger partial charge in [-0.2, -0.15) is 0 Å². The van der Waals surface area contributed by atoms with Gasteiger partial charge >= 0.3 is 0 Å². The first-order valence-corrected chi connectivity index (χ1v) is 10.6. The molecule has 3 aromatic carbocycles. The smallest absolute Gasteiger partial charge is 0.175 e.